The third-order valence-electron chi connectivity index (χ3n) is 3.79. The first kappa shape index (κ1) is 12.3. The molecule has 0 aromatic heterocycles. The third-order valence-corrected chi connectivity index (χ3v) is 3.79. The lowest BCUT2D eigenvalue weighted by molar-refractivity contribution is 0.0677. The van der Waals surface area contributed by atoms with Gasteiger partial charge in [0.25, 0.3) is 0 Å². The van der Waals surface area contributed by atoms with E-state index in [-0.39, 0.29) is 0 Å². The van der Waals surface area contributed by atoms with Crippen LogP contribution in [0.3, 0.4) is 0 Å². The van der Waals surface area contributed by atoms with E-state index in [1.54, 1.807) is 0 Å². The fourth-order valence-corrected chi connectivity index (χ4v) is 2.50. The highest BCUT2D eigenvalue weighted by molar-refractivity contribution is 4.93. The molecule has 16 heavy (non-hydrogen) atoms. The molecule has 2 atom stereocenters. The van der Waals surface area contributed by atoms with Crippen LogP contribution in [0, 0.1) is 5.92 Å². The lowest BCUT2D eigenvalue weighted by Crippen LogP contribution is -2.56. The Hall–Kier alpha value is -0.120. The van der Waals surface area contributed by atoms with Crippen LogP contribution >= 0.6 is 0 Å². The van der Waals surface area contributed by atoms with Crippen molar-refractivity contribution in [3.63, 3.8) is 0 Å². The summed E-state index contributed by atoms with van der Waals surface area (Å²) in [7, 11) is 0. The van der Waals surface area contributed by atoms with Gasteiger partial charge in [-0.25, -0.2) is 0 Å². The fourth-order valence-electron chi connectivity index (χ4n) is 2.50. The van der Waals surface area contributed by atoms with Crippen molar-refractivity contribution < 1.29 is 4.74 Å². The Labute approximate surface area is 99.5 Å². The Morgan fingerprint density at radius 2 is 2.12 bits per heavy atom. The standard InChI is InChI=1S/C13H26N2O/c1-3-7-16-8-6-15-10-13(12-4-5-12)14-9-11(15)2/h11-14H,3-10H2,1-2H3. The molecule has 0 aromatic carbocycles. The van der Waals surface area contributed by atoms with E-state index < -0.39 is 0 Å². The van der Waals surface area contributed by atoms with Gasteiger partial charge in [0.05, 0.1) is 6.61 Å². The van der Waals surface area contributed by atoms with Gasteiger partial charge in [-0.3, -0.25) is 4.90 Å². The van der Waals surface area contributed by atoms with E-state index in [0.29, 0.717) is 6.04 Å². The van der Waals surface area contributed by atoms with Crippen molar-refractivity contribution in [2.45, 2.75) is 45.2 Å². The number of nitrogens with zero attached hydrogens (tertiary/aromatic N) is 1. The maximum atomic E-state index is 5.58. The van der Waals surface area contributed by atoms with Crippen LogP contribution in [-0.2, 0) is 4.74 Å². The maximum absolute atomic E-state index is 5.58. The molecule has 0 spiro atoms. The summed E-state index contributed by atoms with van der Waals surface area (Å²) in [5.74, 6) is 0.964. The van der Waals surface area contributed by atoms with Crippen molar-refractivity contribution in [2.75, 3.05) is 32.8 Å². The summed E-state index contributed by atoms with van der Waals surface area (Å²) in [6.07, 6.45) is 4.00. The van der Waals surface area contributed by atoms with Gasteiger partial charge in [-0.15, -0.1) is 0 Å². The Morgan fingerprint density at radius 3 is 2.81 bits per heavy atom. The zero-order chi connectivity index (χ0) is 11.4. The molecule has 2 rings (SSSR count). The minimum atomic E-state index is 0.667. The topological polar surface area (TPSA) is 24.5 Å². The van der Waals surface area contributed by atoms with Gasteiger partial charge in [-0.2, -0.15) is 0 Å². The van der Waals surface area contributed by atoms with E-state index in [0.717, 1.165) is 44.7 Å². The van der Waals surface area contributed by atoms with Gasteiger partial charge in [0.2, 0.25) is 0 Å². The number of hydrogen-bond donors (Lipinski definition) is 1. The molecular weight excluding hydrogens is 200 g/mol. The van der Waals surface area contributed by atoms with Crippen molar-refractivity contribution in [3.05, 3.63) is 0 Å². The molecule has 1 heterocycles. The molecule has 1 aliphatic heterocycles. The molecule has 2 fully saturated rings. The molecule has 1 aliphatic carbocycles. The summed E-state index contributed by atoms with van der Waals surface area (Å²) in [4.78, 5) is 2.59. The van der Waals surface area contributed by atoms with Crippen LogP contribution in [0.2, 0.25) is 0 Å². The van der Waals surface area contributed by atoms with E-state index in [1.807, 2.05) is 0 Å². The average molecular weight is 226 g/mol. The molecule has 94 valence electrons. The Bertz CT molecular complexity index is 206. The molecule has 1 saturated carbocycles. The summed E-state index contributed by atoms with van der Waals surface area (Å²) in [5.41, 5.74) is 0. The number of rotatable bonds is 6. The monoisotopic (exact) mass is 226 g/mol. The highest BCUT2D eigenvalue weighted by atomic mass is 16.5. The number of piperazine rings is 1. The van der Waals surface area contributed by atoms with Crippen LogP contribution in [0.5, 0.6) is 0 Å². The first-order chi connectivity index (χ1) is 7.81. The molecule has 1 N–H and O–H groups in total. The summed E-state index contributed by atoms with van der Waals surface area (Å²) in [6.45, 7) is 9.76. The first-order valence-corrected chi connectivity index (χ1v) is 6.86. The third kappa shape index (κ3) is 3.44. The number of ether oxygens (including phenoxy) is 1. The van der Waals surface area contributed by atoms with Crippen LogP contribution in [0.4, 0.5) is 0 Å². The molecule has 0 bridgehead atoms. The minimum Gasteiger partial charge on any atom is -0.380 e. The minimum absolute atomic E-state index is 0.667. The maximum Gasteiger partial charge on any atom is 0.0593 e. The number of hydrogen-bond acceptors (Lipinski definition) is 3. The van der Waals surface area contributed by atoms with Gasteiger partial charge in [0.15, 0.2) is 0 Å². The van der Waals surface area contributed by atoms with E-state index >= 15 is 0 Å². The largest absolute Gasteiger partial charge is 0.380 e. The van der Waals surface area contributed by atoms with Crippen molar-refractivity contribution in [1.82, 2.24) is 10.2 Å². The first-order valence-electron chi connectivity index (χ1n) is 6.86. The molecule has 0 amide bonds. The molecule has 2 aliphatic rings. The second kappa shape index (κ2) is 5.99. The highest BCUT2D eigenvalue weighted by Crippen LogP contribution is 2.34. The predicted molar refractivity (Wildman–Crippen MR) is 66.7 cm³/mol. The molecular formula is C13H26N2O. The van der Waals surface area contributed by atoms with Gasteiger partial charge < -0.3 is 10.1 Å². The summed E-state index contributed by atoms with van der Waals surface area (Å²) < 4.78 is 5.58. The molecule has 3 nitrogen and oxygen atoms in total. The van der Waals surface area contributed by atoms with Gasteiger partial charge in [0.1, 0.15) is 0 Å². The summed E-state index contributed by atoms with van der Waals surface area (Å²) >= 11 is 0. The Balaban J connectivity index is 1.68. The van der Waals surface area contributed by atoms with Crippen molar-refractivity contribution in [2.24, 2.45) is 5.92 Å². The summed E-state index contributed by atoms with van der Waals surface area (Å²) in [5, 5.41) is 3.68. The molecule has 3 heteroatoms. The molecule has 0 radical (unpaired) electrons. The summed E-state index contributed by atoms with van der Waals surface area (Å²) in [6, 6.07) is 1.42. The van der Waals surface area contributed by atoms with Crippen molar-refractivity contribution in [3.8, 4) is 0 Å². The zero-order valence-corrected chi connectivity index (χ0v) is 10.7. The van der Waals surface area contributed by atoms with Crippen LogP contribution < -0.4 is 5.32 Å². The molecule has 1 saturated heterocycles. The van der Waals surface area contributed by atoms with E-state index in [2.05, 4.69) is 24.1 Å². The highest BCUT2D eigenvalue weighted by Gasteiger charge is 2.35. The lowest BCUT2D eigenvalue weighted by atomic mass is 10.1. The predicted octanol–water partition coefficient (Wildman–Crippen LogP) is 1.49. The fraction of sp³-hybridized carbons (Fsp3) is 1.00. The van der Waals surface area contributed by atoms with Crippen LogP contribution in [-0.4, -0.2) is 49.8 Å². The second-order valence-electron chi connectivity index (χ2n) is 5.31. The SMILES string of the molecule is CCCOCCN1CC(C2CC2)NCC1C. The molecule has 0 aromatic rings. The van der Waals surface area contributed by atoms with Crippen LogP contribution in [0.25, 0.3) is 0 Å². The van der Waals surface area contributed by atoms with Crippen molar-refractivity contribution >= 4 is 0 Å². The van der Waals surface area contributed by atoms with Crippen LogP contribution in [0.1, 0.15) is 33.1 Å². The van der Waals surface area contributed by atoms with E-state index in [9.17, 15) is 0 Å². The quantitative estimate of drug-likeness (QED) is 0.694. The second-order valence-corrected chi connectivity index (χ2v) is 5.31. The van der Waals surface area contributed by atoms with E-state index in [1.165, 1.54) is 19.4 Å². The average Bonchev–Trinajstić information content (AvgIpc) is 3.10. The van der Waals surface area contributed by atoms with Crippen LogP contribution in [0.15, 0.2) is 0 Å². The zero-order valence-electron chi connectivity index (χ0n) is 10.7. The normalized spacial score (nSPS) is 31.9. The Morgan fingerprint density at radius 1 is 1.31 bits per heavy atom. The number of nitrogens with one attached hydrogen (secondary N) is 1. The smallest absolute Gasteiger partial charge is 0.0593 e. The van der Waals surface area contributed by atoms with Gasteiger partial charge >= 0.3 is 0 Å². The molecule has 2 unspecified atom stereocenters. The van der Waals surface area contributed by atoms with Gasteiger partial charge in [-0.05, 0) is 32.1 Å². The Kier molecular flexibility index (Phi) is 4.62. The van der Waals surface area contributed by atoms with Gasteiger partial charge in [0, 0.05) is 38.3 Å². The lowest BCUT2D eigenvalue weighted by Gasteiger charge is -2.39. The van der Waals surface area contributed by atoms with Crippen molar-refractivity contribution in [1.29, 1.82) is 0 Å². The van der Waals surface area contributed by atoms with Gasteiger partial charge in [-0.1, -0.05) is 6.92 Å². The van der Waals surface area contributed by atoms with E-state index in [4.69, 9.17) is 4.74 Å².